The second kappa shape index (κ2) is 25.0. The number of amides is 3. The lowest BCUT2D eigenvalue weighted by Crippen LogP contribution is -2.50. The number of hydrogen-bond donors (Lipinski definition) is 1. The van der Waals surface area contributed by atoms with Gasteiger partial charge in [-0.2, -0.15) is 27.0 Å². The summed E-state index contributed by atoms with van der Waals surface area (Å²) in [6, 6.07) is 16.7. The van der Waals surface area contributed by atoms with E-state index in [2.05, 4.69) is 29.0 Å². The second-order valence-electron chi connectivity index (χ2n) is 14.2. The lowest BCUT2D eigenvalue weighted by molar-refractivity contribution is -0.122. The van der Waals surface area contributed by atoms with Crippen LogP contribution in [0, 0.1) is 64.5 Å². The molecule has 0 fully saturated rings. The molecule has 66 heavy (non-hydrogen) atoms. The van der Waals surface area contributed by atoms with E-state index in [-0.39, 0.29) is 56.9 Å². The number of ether oxygens (including phenoxy) is 2. The SMILES string of the molecule is CC#CCN(C(=O)[C@@H](CC(=O)c1cc(F)c(F)cc1C(=O)N[C@@H](Cc1cc(F)cc(F)c1)C(=O)N(CC#CC)c1ccc(OC)cc1)Cc1cc(F)cc(F)c1)c1ccc(OC)cc1.S.S. The zero-order chi connectivity index (χ0) is 46.5. The van der Waals surface area contributed by atoms with Crippen molar-refractivity contribution in [1.29, 1.82) is 0 Å². The predicted molar refractivity (Wildman–Crippen MR) is 249 cm³/mol. The summed E-state index contributed by atoms with van der Waals surface area (Å²) in [4.78, 5) is 60.0. The van der Waals surface area contributed by atoms with Crippen molar-refractivity contribution in [3.63, 3.8) is 0 Å². The van der Waals surface area contributed by atoms with Crippen LogP contribution in [0.2, 0.25) is 0 Å². The summed E-state index contributed by atoms with van der Waals surface area (Å²) in [6.45, 7) is 2.65. The van der Waals surface area contributed by atoms with E-state index in [4.69, 9.17) is 9.47 Å². The van der Waals surface area contributed by atoms with Crippen LogP contribution in [0.15, 0.2) is 97.1 Å². The zero-order valence-electron chi connectivity index (χ0n) is 36.0. The number of methoxy groups -OCH3 is 2. The van der Waals surface area contributed by atoms with Gasteiger partial charge in [0.1, 0.15) is 40.8 Å². The van der Waals surface area contributed by atoms with Crippen LogP contribution < -0.4 is 24.6 Å². The number of anilines is 2. The van der Waals surface area contributed by atoms with E-state index in [0.29, 0.717) is 41.5 Å². The van der Waals surface area contributed by atoms with Crippen molar-refractivity contribution in [3.8, 4) is 35.2 Å². The highest BCUT2D eigenvalue weighted by molar-refractivity contribution is 7.59. The molecule has 5 aromatic carbocycles. The first-order chi connectivity index (χ1) is 30.6. The first kappa shape index (κ1) is 53.5. The van der Waals surface area contributed by atoms with Gasteiger partial charge in [-0.25, -0.2) is 26.3 Å². The van der Waals surface area contributed by atoms with Crippen molar-refractivity contribution >= 4 is 61.9 Å². The molecule has 9 nitrogen and oxygen atoms in total. The summed E-state index contributed by atoms with van der Waals surface area (Å²) in [5, 5.41) is 2.44. The fraction of sp³-hybridized carbons (Fsp3) is 0.224. The third-order valence-corrected chi connectivity index (χ3v) is 9.88. The van der Waals surface area contributed by atoms with Crippen LogP contribution in [-0.4, -0.2) is 56.9 Å². The number of halogens is 6. The summed E-state index contributed by atoms with van der Waals surface area (Å²) in [6.07, 6.45) is -1.76. The van der Waals surface area contributed by atoms with E-state index in [9.17, 15) is 36.7 Å². The Morgan fingerprint density at radius 2 is 0.985 bits per heavy atom. The summed E-state index contributed by atoms with van der Waals surface area (Å²) in [5.41, 5.74) is -0.971. The van der Waals surface area contributed by atoms with Crippen LogP contribution in [0.4, 0.5) is 37.7 Å². The zero-order valence-corrected chi connectivity index (χ0v) is 38.0. The Bertz CT molecular complexity index is 2440. The van der Waals surface area contributed by atoms with Gasteiger partial charge >= 0.3 is 0 Å². The highest BCUT2D eigenvalue weighted by Gasteiger charge is 2.33. The number of carbonyl (C=O) groups is 4. The van der Waals surface area contributed by atoms with Crippen molar-refractivity contribution in [1.82, 2.24) is 5.32 Å². The predicted octanol–water partition coefficient (Wildman–Crippen LogP) is 8.65. The molecule has 0 saturated heterocycles. The quantitative estimate of drug-likeness (QED) is 0.0569. The second-order valence-corrected chi connectivity index (χ2v) is 14.2. The van der Waals surface area contributed by atoms with E-state index in [1.807, 2.05) is 0 Å². The minimum absolute atomic E-state index is 0. The summed E-state index contributed by atoms with van der Waals surface area (Å²) in [5.74, 6) is -0.533. The van der Waals surface area contributed by atoms with Gasteiger partial charge in [-0.05, 0) is 116 Å². The molecule has 346 valence electrons. The van der Waals surface area contributed by atoms with E-state index >= 15 is 8.78 Å². The Balaban J connectivity index is 0.00000578. The number of ketones is 1. The Morgan fingerprint density at radius 3 is 1.41 bits per heavy atom. The first-order valence-electron chi connectivity index (χ1n) is 19.6. The summed E-state index contributed by atoms with van der Waals surface area (Å²) in [7, 11) is 2.88. The van der Waals surface area contributed by atoms with E-state index in [1.165, 1.54) is 50.0 Å². The van der Waals surface area contributed by atoms with Crippen molar-refractivity contribution in [2.75, 3.05) is 37.1 Å². The number of carbonyl (C=O) groups excluding carboxylic acids is 4. The van der Waals surface area contributed by atoms with Crippen molar-refractivity contribution in [3.05, 3.63) is 154 Å². The third kappa shape index (κ3) is 14.1. The number of Topliss-reactive ketones (excluding diaryl/α,β-unsaturated/α-hetero) is 1. The molecule has 0 aliphatic carbocycles. The van der Waals surface area contributed by atoms with Gasteiger partial charge in [0.05, 0.1) is 32.9 Å². The first-order valence-corrected chi connectivity index (χ1v) is 19.6. The molecular weight excluding hydrogens is 905 g/mol. The number of nitrogens with zero attached hydrogens (tertiary/aromatic N) is 2. The van der Waals surface area contributed by atoms with Crippen LogP contribution >= 0.6 is 27.0 Å². The van der Waals surface area contributed by atoms with Gasteiger partial charge in [-0.15, -0.1) is 11.8 Å². The van der Waals surface area contributed by atoms with Crippen molar-refractivity contribution < 1.29 is 55.0 Å². The Hall–Kier alpha value is -6.82. The lowest BCUT2D eigenvalue weighted by Gasteiger charge is -2.27. The smallest absolute Gasteiger partial charge is 0.252 e. The monoisotopic (exact) mass is 949 g/mol. The minimum atomic E-state index is -1.67. The van der Waals surface area contributed by atoms with E-state index < -0.39 is 101 Å². The Kier molecular flexibility index (Phi) is 20.3. The topological polar surface area (TPSA) is 105 Å². The molecule has 5 rings (SSSR count). The molecule has 2 atom stereocenters. The van der Waals surface area contributed by atoms with Crippen LogP contribution in [0.3, 0.4) is 0 Å². The molecule has 0 saturated carbocycles. The Morgan fingerprint density at radius 1 is 0.576 bits per heavy atom. The van der Waals surface area contributed by atoms with Gasteiger partial charge < -0.3 is 19.7 Å². The fourth-order valence-electron chi connectivity index (χ4n) is 6.80. The van der Waals surface area contributed by atoms with Crippen molar-refractivity contribution in [2.24, 2.45) is 5.92 Å². The van der Waals surface area contributed by atoms with E-state index in [1.54, 1.807) is 36.4 Å². The average molecular weight is 950 g/mol. The van der Waals surface area contributed by atoms with Crippen LogP contribution in [0.5, 0.6) is 11.5 Å². The van der Waals surface area contributed by atoms with Gasteiger partial charge in [0.2, 0.25) is 5.91 Å². The molecule has 3 amide bonds. The normalized spacial score (nSPS) is 11.1. The van der Waals surface area contributed by atoms with Crippen LogP contribution in [-0.2, 0) is 22.4 Å². The number of benzene rings is 5. The fourth-order valence-corrected chi connectivity index (χ4v) is 6.80. The number of nitrogens with one attached hydrogen (secondary N) is 1. The highest BCUT2D eigenvalue weighted by atomic mass is 32.1. The van der Waals surface area contributed by atoms with Crippen LogP contribution in [0.25, 0.3) is 0 Å². The largest absolute Gasteiger partial charge is 0.497 e. The molecule has 0 aliphatic rings. The average Bonchev–Trinajstić information content (AvgIpc) is 3.26. The van der Waals surface area contributed by atoms with Crippen molar-refractivity contribution in [2.45, 2.75) is 39.2 Å². The maximum absolute atomic E-state index is 15.1. The molecule has 0 aromatic heterocycles. The maximum Gasteiger partial charge on any atom is 0.252 e. The molecule has 0 bridgehead atoms. The lowest BCUT2D eigenvalue weighted by atomic mass is 9.89. The molecule has 0 unspecified atom stereocenters. The molecule has 1 N–H and O–H groups in total. The highest BCUT2D eigenvalue weighted by Crippen LogP contribution is 2.28. The molecule has 0 spiro atoms. The van der Waals surface area contributed by atoms with Gasteiger partial charge in [0, 0.05) is 47.8 Å². The molecule has 5 aromatic rings. The van der Waals surface area contributed by atoms with Crippen LogP contribution in [0.1, 0.15) is 52.1 Å². The molecular formula is C49H45F6N3O6S2. The summed E-state index contributed by atoms with van der Waals surface area (Å²) >= 11 is 0. The van der Waals surface area contributed by atoms with Gasteiger partial charge in [-0.1, -0.05) is 11.8 Å². The summed E-state index contributed by atoms with van der Waals surface area (Å²) < 4.78 is 98.3. The van der Waals surface area contributed by atoms with Gasteiger partial charge in [0.15, 0.2) is 17.4 Å². The number of hydrogen-bond acceptors (Lipinski definition) is 6. The molecule has 0 aliphatic heterocycles. The molecule has 0 radical (unpaired) electrons. The van der Waals surface area contributed by atoms with Gasteiger partial charge in [-0.3, -0.25) is 24.1 Å². The third-order valence-electron chi connectivity index (χ3n) is 9.88. The standard InChI is InChI=1S/C49H41F6N3O6.2H2S/c1-5-7-17-57(37-9-13-39(63-3)14-10-37)48(61)32(19-30-20-33(50)26-34(51)21-30)25-46(59)41-28-43(54)44(55)29-42(41)47(60)56-45(24-31-22-35(52)27-36(53)23-31)49(62)58(18-8-6-2)38-11-15-40(64-4)16-12-38;;/h9-16,20-23,26-29,32,45H,17-19,24-25H2,1-4H3,(H,56,60);2*1H2/t32-,45+;;/m1../s1. The number of rotatable bonds is 17. The minimum Gasteiger partial charge on any atom is -0.497 e. The molecule has 17 heteroatoms. The van der Waals surface area contributed by atoms with E-state index in [0.717, 1.165) is 24.3 Å². The molecule has 0 heterocycles. The Labute approximate surface area is 392 Å². The van der Waals surface area contributed by atoms with Gasteiger partial charge in [0.25, 0.3) is 11.8 Å². The maximum atomic E-state index is 15.1.